The molecule has 1 aliphatic carbocycles. The van der Waals surface area contributed by atoms with E-state index in [1.807, 2.05) is 34.8 Å². The van der Waals surface area contributed by atoms with Crippen molar-refractivity contribution in [1.29, 1.82) is 0 Å². The fraction of sp³-hybridized carbons (Fsp3) is 0.417. The van der Waals surface area contributed by atoms with Crippen LogP contribution in [-0.2, 0) is 19.9 Å². The van der Waals surface area contributed by atoms with E-state index >= 15 is 0 Å². The van der Waals surface area contributed by atoms with Crippen LogP contribution in [0.1, 0.15) is 35.4 Å². The third-order valence-electron chi connectivity index (χ3n) is 7.45. The van der Waals surface area contributed by atoms with Gasteiger partial charge in [0.1, 0.15) is 5.52 Å². The maximum Gasteiger partial charge on any atom is 0.155 e. The van der Waals surface area contributed by atoms with Gasteiger partial charge >= 0.3 is 0 Å². The first-order valence-corrected chi connectivity index (χ1v) is 11.0. The molecular weight excluding hydrogens is 386 g/mol. The van der Waals surface area contributed by atoms with Gasteiger partial charge in [0.2, 0.25) is 0 Å². The van der Waals surface area contributed by atoms with E-state index in [2.05, 4.69) is 52.3 Å². The zero-order valence-corrected chi connectivity index (χ0v) is 18.3. The largest absolute Gasteiger partial charge is 0.355 e. The molecule has 0 amide bonds. The van der Waals surface area contributed by atoms with E-state index in [1.54, 1.807) is 0 Å². The fourth-order valence-corrected chi connectivity index (χ4v) is 5.55. The number of hydrogen-bond donors (Lipinski definition) is 0. The van der Waals surface area contributed by atoms with Crippen molar-refractivity contribution in [1.82, 2.24) is 29.4 Å². The summed E-state index contributed by atoms with van der Waals surface area (Å²) < 4.78 is 3.94. The molecule has 0 bridgehead atoms. The number of hydrogen-bond acceptors (Lipinski definition) is 5. The van der Waals surface area contributed by atoms with E-state index in [0.29, 0.717) is 5.41 Å². The zero-order valence-electron chi connectivity index (χ0n) is 18.3. The van der Waals surface area contributed by atoms with Crippen molar-refractivity contribution < 1.29 is 0 Å². The summed E-state index contributed by atoms with van der Waals surface area (Å²) in [5, 5.41) is 9.09. The van der Waals surface area contributed by atoms with Crippen LogP contribution in [0.25, 0.3) is 16.8 Å². The molecule has 2 aliphatic rings. The summed E-state index contributed by atoms with van der Waals surface area (Å²) in [5.74, 6) is 1.05. The van der Waals surface area contributed by atoms with Crippen molar-refractivity contribution in [2.45, 2.75) is 39.5 Å². The standard InChI is InChI=1S/C24H27N7/c1-16-22(20-15-27-29(3)17(20)2)31-21(5-9-26-31)23(28-16)30-10-6-24(7-11-30)12-18-4-8-25-14-19(18)13-24/h4-5,8-9,14-15H,6-7,10-13H2,1-3H3. The van der Waals surface area contributed by atoms with Crippen LogP contribution in [0.4, 0.5) is 5.82 Å². The molecule has 0 unspecified atom stereocenters. The van der Waals surface area contributed by atoms with E-state index < -0.39 is 0 Å². The van der Waals surface area contributed by atoms with Crippen LogP contribution in [-0.4, -0.2) is 42.5 Å². The molecular formula is C24H27N7. The molecule has 1 spiro atoms. The van der Waals surface area contributed by atoms with Crippen LogP contribution < -0.4 is 4.90 Å². The maximum atomic E-state index is 5.10. The van der Waals surface area contributed by atoms with E-state index in [0.717, 1.165) is 53.5 Å². The Bertz CT molecular complexity index is 1260. The topological polar surface area (TPSA) is 64.1 Å². The van der Waals surface area contributed by atoms with Crippen LogP contribution in [0.2, 0.25) is 0 Å². The van der Waals surface area contributed by atoms with E-state index in [9.17, 15) is 0 Å². The summed E-state index contributed by atoms with van der Waals surface area (Å²) in [6.07, 6.45) is 12.5. The molecule has 0 radical (unpaired) electrons. The van der Waals surface area contributed by atoms with Gasteiger partial charge in [0.15, 0.2) is 5.82 Å². The Kier molecular flexibility index (Phi) is 3.97. The first-order valence-electron chi connectivity index (χ1n) is 11.0. The predicted octanol–water partition coefficient (Wildman–Crippen LogP) is 3.53. The van der Waals surface area contributed by atoms with Gasteiger partial charge in [-0.25, -0.2) is 9.50 Å². The average Bonchev–Trinajstić information content (AvgIpc) is 3.47. The van der Waals surface area contributed by atoms with Crippen molar-refractivity contribution in [3.8, 4) is 11.3 Å². The predicted molar refractivity (Wildman–Crippen MR) is 120 cm³/mol. The lowest BCUT2D eigenvalue weighted by molar-refractivity contribution is 0.232. The minimum Gasteiger partial charge on any atom is -0.355 e. The molecule has 6 rings (SSSR count). The maximum absolute atomic E-state index is 5.10. The van der Waals surface area contributed by atoms with Crippen molar-refractivity contribution in [2.24, 2.45) is 12.5 Å². The Morgan fingerprint density at radius 1 is 0.935 bits per heavy atom. The number of piperidine rings is 1. The molecule has 0 aromatic carbocycles. The number of aryl methyl sites for hydroxylation is 2. The van der Waals surface area contributed by atoms with Crippen molar-refractivity contribution in [3.63, 3.8) is 0 Å². The van der Waals surface area contributed by atoms with Gasteiger partial charge in [0, 0.05) is 43.8 Å². The molecule has 0 N–H and O–H groups in total. The van der Waals surface area contributed by atoms with Crippen LogP contribution in [0.5, 0.6) is 0 Å². The lowest BCUT2D eigenvalue weighted by Crippen LogP contribution is -2.41. The molecule has 158 valence electrons. The summed E-state index contributed by atoms with van der Waals surface area (Å²) in [5.41, 5.74) is 8.61. The van der Waals surface area contributed by atoms with Gasteiger partial charge in [-0.2, -0.15) is 10.2 Å². The fourth-order valence-electron chi connectivity index (χ4n) is 5.55. The molecule has 4 aromatic rings. The van der Waals surface area contributed by atoms with Crippen LogP contribution in [0, 0.1) is 19.3 Å². The zero-order chi connectivity index (χ0) is 21.2. The Morgan fingerprint density at radius 2 is 1.74 bits per heavy atom. The summed E-state index contributed by atoms with van der Waals surface area (Å²) >= 11 is 0. The summed E-state index contributed by atoms with van der Waals surface area (Å²) in [6.45, 7) is 6.22. The van der Waals surface area contributed by atoms with Gasteiger partial charge in [-0.3, -0.25) is 9.67 Å². The highest BCUT2D eigenvalue weighted by Crippen LogP contribution is 2.45. The number of nitrogens with zero attached hydrogens (tertiary/aromatic N) is 7. The molecule has 0 saturated carbocycles. The number of aromatic nitrogens is 6. The third kappa shape index (κ3) is 2.79. The third-order valence-corrected chi connectivity index (χ3v) is 7.45. The van der Waals surface area contributed by atoms with Crippen molar-refractivity contribution >= 4 is 11.3 Å². The van der Waals surface area contributed by atoms with Crippen LogP contribution in [0.15, 0.2) is 36.9 Å². The SMILES string of the molecule is Cc1nc(N2CCC3(CC2)Cc2ccncc2C3)c2ccnn2c1-c1cnn(C)c1C. The minimum absolute atomic E-state index is 0.389. The Morgan fingerprint density at radius 3 is 2.48 bits per heavy atom. The first kappa shape index (κ1) is 18.5. The normalized spacial score (nSPS) is 17.6. The molecule has 1 saturated heterocycles. The van der Waals surface area contributed by atoms with Gasteiger partial charge in [-0.05, 0) is 68.2 Å². The van der Waals surface area contributed by atoms with Crippen molar-refractivity contribution in [3.05, 3.63) is 59.4 Å². The first-order chi connectivity index (χ1) is 15.0. The molecule has 31 heavy (non-hydrogen) atoms. The van der Waals surface area contributed by atoms with E-state index in [-0.39, 0.29) is 0 Å². The second-order valence-corrected chi connectivity index (χ2v) is 9.25. The quantitative estimate of drug-likeness (QED) is 0.503. The number of pyridine rings is 1. The highest BCUT2D eigenvalue weighted by atomic mass is 15.3. The van der Waals surface area contributed by atoms with Gasteiger partial charge in [0.05, 0.1) is 23.8 Å². The average molecular weight is 414 g/mol. The Hall–Kier alpha value is -3.22. The second-order valence-electron chi connectivity index (χ2n) is 9.25. The van der Waals surface area contributed by atoms with E-state index in [1.165, 1.54) is 30.4 Å². The highest BCUT2D eigenvalue weighted by molar-refractivity contribution is 5.76. The van der Waals surface area contributed by atoms with Gasteiger partial charge in [-0.1, -0.05) is 0 Å². The summed E-state index contributed by atoms with van der Waals surface area (Å²) in [4.78, 5) is 11.9. The number of anilines is 1. The molecule has 1 aliphatic heterocycles. The Labute approximate surface area is 181 Å². The monoisotopic (exact) mass is 413 g/mol. The van der Waals surface area contributed by atoms with Gasteiger partial charge in [0.25, 0.3) is 0 Å². The molecule has 0 atom stereocenters. The highest BCUT2D eigenvalue weighted by Gasteiger charge is 2.40. The molecule has 1 fully saturated rings. The molecule has 5 heterocycles. The van der Waals surface area contributed by atoms with Crippen LogP contribution in [0.3, 0.4) is 0 Å². The minimum atomic E-state index is 0.389. The summed E-state index contributed by atoms with van der Waals surface area (Å²) in [7, 11) is 1.97. The van der Waals surface area contributed by atoms with E-state index in [4.69, 9.17) is 4.98 Å². The van der Waals surface area contributed by atoms with Gasteiger partial charge < -0.3 is 4.90 Å². The lowest BCUT2D eigenvalue weighted by Gasteiger charge is -2.40. The lowest BCUT2D eigenvalue weighted by atomic mass is 9.76. The number of fused-ring (bicyclic) bond motifs is 2. The van der Waals surface area contributed by atoms with Crippen LogP contribution >= 0.6 is 0 Å². The van der Waals surface area contributed by atoms with Crippen molar-refractivity contribution in [2.75, 3.05) is 18.0 Å². The Balaban J connectivity index is 1.33. The smallest absolute Gasteiger partial charge is 0.155 e. The molecule has 7 nitrogen and oxygen atoms in total. The molecule has 4 aromatic heterocycles. The molecule has 7 heteroatoms. The number of rotatable bonds is 2. The van der Waals surface area contributed by atoms with Gasteiger partial charge in [-0.15, -0.1) is 0 Å². The second kappa shape index (κ2) is 6.64. The summed E-state index contributed by atoms with van der Waals surface area (Å²) in [6, 6.07) is 4.29.